The number of benzene rings is 1. The van der Waals surface area contributed by atoms with Gasteiger partial charge in [0.05, 0.1) is 5.56 Å². The van der Waals surface area contributed by atoms with Crippen molar-refractivity contribution in [3.05, 3.63) is 41.6 Å². The lowest BCUT2D eigenvalue weighted by Crippen LogP contribution is -2.38. The maximum Gasteiger partial charge on any atom is 0.254 e. The summed E-state index contributed by atoms with van der Waals surface area (Å²) in [5.41, 5.74) is 0.821. The number of thioether (sulfide) groups is 1. The fourth-order valence-corrected chi connectivity index (χ4v) is 4.13. The van der Waals surface area contributed by atoms with Crippen molar-refractivity contribution in [2.24, 2.45) is 0 Å². The van der Waals surface area contributed by atoms with Crippen molar-refractivity contribution >= 4 is 17.7 Å². The van der Waals surface area contributed by atoms with E-state index >= 15 is 0 Å². The van der Waals surface area contributed by atoms with Crippen LogP contribution in [0.4, 0.5) is 0 Å². The van der Waals surface area contributed by atoms with E-state index < -0.39 is 0 Å². The van der Waals surface area contributed by atoms with E-state index in [1.165, 1.54) is 12.8 Å². The molecule has 1 aromatic heterocycles. The second kappa shape index (κ2) is 7.20. The highest BCUT2D eigenvalue weighted by Gasteiger charge is 2.32. The van der Waals surface area contributed by atoms with Gasteiger partial charge in [0.1, 0.15) is 0 Å². The summed E-state index contributed by atoms with van der Waals surface area (Å²) in [4.78, 5) is 15.9. The van der Waals surface area contributed by atoms with Crippen LogP contribution < -0.4 is 0 Å². The Kier molecular flexibility index (Phi) is 4.79. The molecule has 1 saturated carbocycles. The molecule has 6 heteroatoms. The van der Waals surface area contributed by atoms with Crippen molar-refractivity contribution in [1.29, 1.82) is 0 Å². The molecule has 2 heterocycles. The summed E-state index contributed by atoms with van der Waals surface area (Å²) in [6.45, 7) is 3.60. The Balaban J connectivity index is 1.40. The van der Waals surface area contributed by atoms with Gasteiger partial charge in [-0.2, -0.15) is 0 Å². The Labute approximate surface area is 152 Å². The maximum absolute atomic E-state index is 12.9. The van der Waals surface area contributed by atoms with Crippen LogP contribution in [0.1, 0.15) is 66.6 Å². The van der Waals surface area contributed by atoms with E-state index in [2.05, 4.69) is 17.1 Å². The molecule has 2 aliphatic rings. The van der Waals surface area contributed by atoms with Gasteiger partial charge in [-0.25, -0.2) is 0 Å². The summed E-state index contributed by atoms with van der Waals surface area (Å²) in [5.74, 6) is 3.45. The van der Waals surface area contributed by atoms with Gasteiger partial charge in [0.25, 0.3) is 5.91 Å². The zero-order valence-electron chi connectivity index (χ0n) is 14.5. The second-order valence-electron chi connectivity index (χ2n) is 6.75. The Morgan fingerprint density at radius 3 is 2.40 bits per heavy atom. The smallest absolute Gasteiger partial charge is 0.254 e. The minimum atomic E-state index is 0.138. The van der Waals surface area contributed by atoms with Crippen LogP contribution in [0.15, 0.2) is 33.6 Å². The molecule has 0 N–H and O–H groups in total. The Morgan fingerprint density at radius 2 is 1.76 bits per heavy atom. The molecule has 1 amide bonds. The fourth-order valence-electron chi connectivity index (χ4n) is 3.33. The van der Waals surface area contributed by atoms with Gasteiger partial charge in [0.2, 0.25) is 11.8 Å². The zero-order chi connectivity index (χ0) is 17.2. The molecular formula is C19H23N3O2S. The maximum atomic E-state index is 12.9. The lowest BCUT2D eigenvalue weighted by molar-refractivity contribution is 0.0702. The summed E-state index contributed by atoms with van der Waals surface area (Å²) in [5, 5.41) is 8.43. The van der Waals surface area contributed by atoms with Gasteiger partial charge in [-0.15, -0.1) is 22.0 Å². The van der Waals surface area contributed by atoms with Crippen molar-refractivity contribution < 1.29 is 9.21 Å². The summed E-state index contributed by atoms with van der Waals surface area (Å²) in [6, 6.07) is 7.91. The van der Waals surface area contributed by atoms with Gasteiger partial charge >= 0.3 is 0 Å². The number of aromatic nitrogens is 2. The molecule has 0 bridgehead atoms. The number of amides is 1. The molecular weight excluding hydrogens is 334 g/mol. The highest BCUT2D eigenvalue weighted by Crippen LogP contribution is 2.40. The van der Waals surface area contributed by atoms with Gasteiger partial charge in [-0.1, -0.05) is 19.1 Å². The third kappa shape index (κ3) is 3.59. The van der Waals surface area contributed by atoms with E-state index in [-0.39, 0.29) is 11.8 Å². The highest BCUT2D eigenvalue weighted by atomic mass is 32.2. The molecule has 132 valence electrons. The molecule has 25 heavy (non-hydrogen) atoms. The van der Waals surface area contributed by atoms with Crippen LogP contribution in [0.3, 0.4) is 0 Å². The number of hydrogen-bond donors (Lipinski definition) is 0. The average Bonchev–Trinajstić information content (AvgIpc) is 3.39. The normalized spacial score (nSPS) is 18.5. The number of rotatable bonds is 5. The van der Waals surface area contributed by atoms with Gasteiger partial charge < -0.3 is 9.32 Å². The van der Waals surface area contributed by atoms with Gasteiger partial charge in [-0.3, -0.25) is 4.79 Å². The predicted octanol–water partition coefficient (Wildman–Crippen LogP) is 4.08. The van der Waals surface area contributed by atoms with E-state index in [9.17, 15) is 4.79 Å². The summed E-state index contributed by atoms with van der Waals surface area (Å²) >= 11 is 1.72. The van der Waals surface area contributed by atoms with Crippen LogP contribution in [0.2, 0.25) is 0 Å². The van der Waals surface area contributed by atoms with Crippen LogP contribution in [0.25, 0.3) is 0 Å². The monoisotopic (exact) mass is 357 g/mol. The molecule has 1 saturated heterocycles. The number of hydrogen-bond acceptors (Lipinski definition) is 5. The van der Waals surface area contributed by atoms with Crippen molar-refractivity contribution in [2.45, 2.75) is 49.3 Å². The topological polar surface area (TPSA) is 59.2 Å². The minimum Gasteiger partial charge on any atom is -0.425 e. The SMILES string of the molecule is CCSc1ccccc1C(=O)N1CCC(c2nnc(C3CC3)o2)CC1. The number of carbonyl (C=O) groups is 1. The van der Waals surface area contributed by atoms with E-state index in [1.807, 2.05) is 29.2 Å². The molecule has 4 rings (SSSR count). The van der Waals surface area contributed by atoms with E-state index in [0.29, 0.717) is 5.92 Å². The van der Waals surface area contributed by atoms with Gasteiger partial charge in [0, 0.05) is 29.8 Å². The number of likely N-dealkylation sites (tertiary alicyclic amines) is 1. The fraction of sp³-hybridized carbons (Fsp3) is 0.526. The first-order chi connectivity index (χ1) is 12.3. The van der Waals surface area contributed by atoms with Crippen molar-refractivity contribution in [3.8, 4) is 0 Å². The van der Waals surface area contributed by atoms with Crippen molar-refractivity contribution in [2.75, 3.05) is 18.8 Å². The first-order valence-electron chi connectivity index (χ1n) is 9.10. The standard InChI is InChI=1S/C19H23N3O2S/c1-2-25-16-6-4-3-5-15(16)19(23)22-11-9-14(10-12-22)18-21-20-17(24-18)13-7-8-13/h3-6,13-14H,2,7-12H2,1H3. The largest absolute Gasteiger partial charge is 0.425 e. The van der Waals surface area contributed by atoms with E-state index in [0.717, 1.165) is 53.9 Å². The quantitative estimate of drug-likeness (QED) is 0.755. The summed E-state index contributed by atoms with van der Waals surface area (Å²) < 4.78 is 5.85. The molecule has 0 spiro atoms. The summed E-state index contributed by atoms with van der Waals surface area (Å²) in [7, 11) is 0. The second-order valence-corrected chi connectivity index (χ2v) is 8.05. The molecule has 0 unspecified atom stereocenters. The van der Waals surface area contributed by atoms with Gasteiger partial charge in [0.15, 0.2) is 0 Å². The Morgan fingerprint density at radius 1 is 1.12 bits per heavy atom. The lowest BCUT2D eigenvalue weighted by atomic mass is 9.96. The predicted molar refractivity (Wildman–Crippen MR) is 97.0 cm³/mol. The van der Waals surface area contributed by atoms with Crippen LogP contribution in [-0.2, 0) is 0 Å². The average molecular weight is 357 g/mol. The Hall–Kier alpha value is -1.82. The molecule has 2 fully saturated rings. The molecule has 5 nitrogen and oxygen atoms in total. The highest BCUT2D eigenvalue weighted by molar-refractivity contribution is 7.99. The van der Waals surface area contributed by atoms with E-state index in [4.69, 9.17) is 4.42 Å². The summed E-state index contributed by atoms with van der Waals surface area (Å²) in [6.07, 6.45) is 4.12. The minimum absolute atomic E-state index is 0.138. The lowest BCUT2D eigenvalue weighted by Gasteiger charge is -2.31. The van der Waals surface area contributed by atoms with Crippen molar-refractivity contribution in [3.63, 3.8) is 0 Å². The number of piperidine rings is 1. The molecule has 0 radical (unpaired) electrons. The third-order valence-electron chi connectivity index (χ3n) is 4.93. The molecule has 0 atom stereocenters. The zero-order valence-corrected chi connectivity index (χ0v) is 15.3. The molecule has 1 aromatic carbocycles. The van der Waals surface area contributed by atoms with Crippen molar-refractivity contribution in [1.82, 2.24) is 15.1 Å². The van der Waals surface area contributed by atoms with Crippen LogP contribution in [0, 0.1) is 0 Å². The van der Waals surface area contributed by atoms with Gasteiger partial charge in [-0.05, 0) is 43.6 Å². The van der Waals surface area contributed by atoms with E-state index in [1.54, 1.807) is 11.8 Å². The van der Waals surface area contributed by atoms with Crippen LogP contribution >= 0.6 is 11.8 Å². The van der Waals surface area contributed by atoms with Crippen LogP contribution in [0.5, 0.6) is 0 Å². The Bertz CT molecular complexity index is 749. The molecule has 1 aliphatic carbocycles. The first kappa shape index (κ1) is 16.6. The molecule has 2 aromatic rings. The first-order valence-corrected chi connectivity index (χ1v) is 10.1. The third-order valence-corrected chi connectivity index (χ3v) is 5.89. The number of nitrogens with zero attached hydrogens (tertiary/aromatic N) is 3. The number of carbonyl (C=O) groups excluding carboxylic acids is 1. The van der Waals surface area contributed by atoms with Crippen LogP contribution in [-0.4, -0.2) is 39.8 Å². The molecule has 1 aliphatic heterocycles.